The maximum Gasteiger partial charge on any atom is 0.445 e. The standard InChI is InChI=1S/C14H25N3O2/c1-5-7-9-14(10-8-6-2)11(15)16(3)13(19)17(4)12(14)18/h15H,5-10H2,1-4H3/p+1. The van der Waals surface area contributed by atoms with E-state index in [9.17, 15) is 9.59 Å². The van der Waals surface area contributed by atoms with E-state index in [2.05, 4.69) is 13.8 Å². The lowest BCUT2D eigenvalue weighted by molar-refractivity contribution is -0.411. The van der Waals surface area contributed by atoms with Crippen molar-refractivity contribution in [3.05, 3.63) is 0 Å². The number of unbranched alkanes of at least 4 members (excludes halogenated alkanes) is 2. The molecule has 0 unspecified atom stereocenters. The SMILES string of the molecule is CCCCC1(CCCC)C(=O)N(C)C(=O)[N+](C)=C1N. The molecule has 0 saturated heterocycles. The average Bonchev–Trinajstić information content (AvgIpc) is 2.43. The highest BCUT2D eigenvalue weighted by Gasteiger charge is 2.54. The fourth-order valence-electron chi connectivity index (χ4n) is 2.72. The van der Waals surface area contributed by atoms with Crippen LogP contribution >= 0.6 is 0 Å². The maximum atomic E-state index is 12.6. The van der Waals surface area contributed by atoms with Crippen molar-refractivity contribution in [2.45, 2.75) is 52.4 Å². The van der Waals surface area contributed by atoms with Gasteiger partial charge in [-0.1, -0.05) is 39.5 Å². The summed E-state index contributed by atoms with van der Waals surface area (Å²) in [4.78, 5) is 25.7. The molecule has 0 bridgehead atoms. The number of nitrogens with zero attached hydrogens (tertiary/aromatic N) is 2. The Morgan fingerprint density at radius 1 is 1.16 bits per heavy atom. The molecule has 1 rings (SSSR count). The number of carbonyl (C=O) groups excluding carboxylic acids is 2. The number of amidine groups is 1. The molecule has 1 heterocycles. The third-order valence-electron chi connectivity index (χ3n) is 4.05. The van der Waals surface area contributed by atoms with Crippen LogP contribution in [0.1, 0.15) is 52.4 Å². The van der Waals surface area contributed by atoms with Crippen molar-refractivity contribution < 1.29 is 14.2 Å². The van der Waals surface area contributed by atoms with Crippen LogP contribution in [0.15, 0.2) is 0 Å². The minimum atomic E-state index is -0.691. The Morgan fingerprint density at radius 2 is 1.63 bits per heavy atom. The lowest BCUT2D eigenvalue weighted by Crippen LogP contribution is -2.61. The van der Waals surface area contributed by atoms with Gasteiger partial charge in [0.2, 0.25) is 5.84 Å². The zero-order valence-corrected chi connectivity index (χ0v) is 12.5. The number of amides is 3. The highest BCUT2D eigenvalue weighted by atomic mass is 16.2. The van der Waals surface area contributed by atoms with Gasteiger partial charge in [0.05, 0.1) is 14.1 Å². The van der Waals surface area contributed by atoms with Gasteiger partial charge in [0.25, 0.3) is 0 Å². The maximum absolute atomic E-state index is 12.6. The summed E-state index contributed by atoms with van der Waals surface area (Å²) >= 11 is 0. The van der Waals surface area contributed by atoms with E-state index < -0.39 is 5.41 Å². The zero-order valence-electron chi connectivity index (χ0n) is 12.5. The van der Waals surface area contributed by atoms with Crippen molar-refractivity contribution in [1.82, 2.24) is 4.90 Å². The molecular weight excluding hydrogens is 242 g/mol. The number of hydrogen-bond acceptors (Lipinski definition) is 3. The Kier molecular flexibility index (Phi) is 5.09. The Hall–Kier alpha value is -1.39. The lowest BCUT2D eigenvalue weighted by Gasteiger charge is -2.35. The normalized spacial score (nSPS) is 19.3. The third-order valence-corrected chi connectivity index (χ3v) is 4.05. The van der Waals surface area contributed by atoms with E-state index in [1.165, 1.54) is 9.48 Å². The van der Waals surface area contributed by atoms with Crippen molar-refractivity contribution in [3.8, 4) is 0 Å². The molecule has 1 aliphatic heterocycles. The molecule has 5 heteroatoms. The monoisotopic (exact) mass is 268 g/mol. The van der Waals surface area contributed by atoms with Gasteiger partial charge < -0.3 is 5.73 Å². The van der Waals surface area contributed by atoms with Crippen LogP contribution in [0, 0.1) is 5.41 Å². The molecule has 1 aliphatic rings. The average molecular weight is 268 g/mol. The molecule has 0 aromatic heterocycles. The molecule has 0 radical (unpaired) electrons. The second kappa shape index (κ2) is 6.17. The Bertz CT molecular complexity index is 393. The minimum Gasteiger partial charge on any atom is -0.321 e. The van der Waals surface area contributed by atoms with Crippen LogP contribution in [-0.4, -0.2) is 41.3 Å². The number of carbonyl (C=O) groups is 2. The van der Waals surface area contributed by atoms with Gasteiger partial charge >= 0.3 is 11.9 Å². The summed E-state index contributed by atoms with van der Waals surface area (Å²) in [5, 5.41) is 0. The van der Waals surface area contributed by atoms with Crippen molar-refractivity contribution >= 4 is 17.8 Å². The van der Waals surface area contributed by atoms with Crippen LogP contribution in [0.4, 0.5) is 4.79 Å². The summed E-state index contributed by atoms with van der Waals surface area (Å²) in [6.45, 7) is 4.19. The molecular formula is C14H26N3O2+. The summed E-state index contributed by atoms with van der Waals surface area (Å²) in [5.74, 6) is 0.275. The first-order valence-electron chi connectivity index (χ1n) is 7.11. The lowest BCUT2D eigenvalue weighted by atomic mass is 9.75. The quantitative estimate of drug-likeness (QED) is 0.749. The third kappa shape index (κ3) is 2.65. The fourth-order valence-corrected chi connectivity index (χ4v) is 2.72. The summed E-state index contributed by atoms with van der Waals surface area (Å²) < 4.78 is 1.42. The van der Waals surface area contributed by atoms with Crippen LogP contribution in [-0.2, 0) is 4.79 Å². The highest BCUT2D eigenvalue weighted by Crippen LogP contribution is 2.35. The van der Waals surface area contributed by atoms with Crippen LogP contribution in [0.2, 0.25) is 0 Å². The fraction of sp³-hybridized carbons (Fsp3) is 0.786. The second-order valence-electron chi connectivity index (χ2n) is 5.38. The Balaban J connectivity index is 3.24. The van der Waals surface area contributed by atoms with E-state index in [0.29, 0.717) is 5.84 Å². The number of imide groups is 1. The van der Waals surface area contributed by atoms with Gasteiger partial charge in [-0.3, -0.25) is 4.79 Å². The Labute approximate surface area is 115 Å². The van der Waals surface area contributed by atoms with Gasteiger partial charge in [-0.2, -0.15) is 4.90 Å². The molecule has 2 N–H and O–H groups in total. The van der Waals surface area contributed by atoms with E-state index in [4.69, 9.17) is 5.73 Å². The van der Waals surface area contributed by atoms with E-state index in [-0.39, 0.29) is 11.9 Å². The van der Waals surface area contributed by atoms with Crippen LogP contribution in [0.5, 0.6) is 0 Å². The number of rotatable bonds is 6. The van der Waals surface area contributed by atoms with Crippen molar-refractivity contribution in [1.29, 1.82) is 0 Å². The summed E-state index contributed by atoms with van der Waals surface area (Å²) in [7, 11) is 3.19. The summed E-state index contributed by atoms with van der Waals surface area (Å²) in [6, 6.07) is -0.342. The van der Waals surface area contributed by atoms with Gasteiger partial charge in [-0.15, -0.1) is 0 Å². The van der Waals surface area contributed by atoms with E-state index in [0.717, 1.165) is 38.5 Å². The van der Waals surface area contributed by atoms with Gasteiger partial charge in [0.1, 0.15) is 5.41 Å². The van der Waals surface area contributed by atoms with E-state index in [1.54, 1.807) is 14.1 Å². The first-order valence-corrected chi connectivity index (χ1v) is 7.11. The van der Waals surface area contributed by atoms with Crippen LogP contribution < -0.4 is 5.73 Å². The van der Waals surface area contributed by atoms with Crippen LogP contribution in [0.3, 0.4) is 0 Å². The van der Waals surface area contributed by atoms with Gasteiger partial charge in [-0.25, -0.2) is 9.37 Å². The van der Waals surface area contributed by atoms with Crippen molar-refractivity contribution in [3.63, 3.8) is 0 Å². The van der Waals surface area contributed by atoms with Crippen molar-refractivity contribution in [2.75, 3.05) is 14.1 Å². The van der Waals surface area contributed by atoms with Crippen molar-refractivity contribution in [2.24, 2.45) is 11.1 Å². The molecule has 0 aliphatic carbocycles. The summed E-state index contributed by atoms with van der Waals surface area (Å²) in [6.07, 6.45) is 5.33. The second-order valence-corrected chi connectivity index (χ2v) is 5.38. The molecule has 0 aromatic carbocycles. The zero-order chi connectivity index (χ0) is 14.6. The predicted octanol–water partition coefficient (Wildman–Crippen LogP) is 1.94. The Morgan fingerprint density at radius 3 is 2.05 bits per heavy atom. The molecule has 0 atom stereocenters. The predicted molar refractivity (Wildman–Crippen MR) is 75.0 cm³/mol. The molecule has 5 nitrogen and oxygen atoms in total. The number of nitrogens with two attached hydrogens (primary N) is 1. The first-order chi connectivity index (χ1) is 8.92. The molecule has 0 fully saturated rings. The van der Waals surface area contributed by atoms with Crippen LogP contribution in [0.25, 0.3) is 0 Å². The molecule has 0 spiro atoms. The number of hydrogen-bond donors (Lipinski definition) is 1. The smallest absolute Gasteiger partial charge is 0.321 e. The van der Waals surface area contributed by atoms with E-state index in [1.807, 2.05) is 0 Å². The first kappa shape index (κ1) is 15.7. The molecule has 3 amide bonds. The summed E-state index contributed by atoms with van der Waals surface area (Å²) in [5.41, 5.74) is 5.47. The molecule has 0 saturated carbocycles. The van der Waals surface area contributed by atoms with Gasteiger partial charge in [0, 0.05) is 0 Å². The van der Waals surface area contributed by atoms with Gasteiger partial charge in [-0.05, 0) is 12.8 Å². The largest absolute Gasteiger partial charge is 0.445 e. The van der Waals surface area contributed by atoms with Gasteiger partial charge in [0.15, 0.2) is 0 Å². The molecule has 108 valence electrons. The minimum absolute atomic E-state index is 0.144. The topological polar surface area (TPSA) is 66.4 Å². The van der Waals surface area contributed by atoms with E-state index >= 15 is 0 Å². The number of urea groups is 1. The molecule has 19 heavy (non-hydrogen) atoms. The highest BCUT2D eigenvalue weighted by molar-refractivity contribution is 6.12. The molecule has 0 aromatic rings.